The van der Waals surface area contributed by atoms with E-state index in [4.69, 9.17) is 5.73 Å². The van der Waals surface area contributed by atoms with Crippen LogP contribution in [0.2, 0.25) is 0 Å². The van der Waals surface area contributed by atoms with Crippen molar-refractivity contribution in [1.29, 1.82) is 0 Å². The summed E-state index contributed by atoms with van der Waals surface area (Å²) in [5.74, 6) is 1.43. The highest BCUT2D eigenvalue weighted by molar-refractivity contribution is 5.29. The Morgan fingerprint density at radius 1 is 1.21 bits per heavy atom. The van der Waals surface area contributed by atoms with Gasteiger partial charge in [-0.15, -0.1) is 0 Å². The van der Waals surface area contributed by atoms with E-state index in [1.165, 1.54) is 0 Å². The molecule has 1 aromatic heterocycles. The molecule has 1 fully saturated rings. The molecule has 0 amide bonds. The van der Waals surface area contributed by atoms with E-state index in [1.54, 1.807) is 12.4 Å². The molecule has 2 rings (SSSR count). The van der Waals surface area contributed by atoms with Crippen LogP contribution in [0.3, 0.4) is 0 Å². The number of nitrogens with two attached hydrogens (primary N) is 1. The Bertz CT molecular complexity index is 361. The normalized spacial score (nSPS) is 20.3. The van der Waals surface area contributed by atoms with Crippen molar-refractivity contribution in [3.63, 3.8) is 0 Å². The fraction of sp³-hybridized carbons (Fsp3) is 0.714. The third-order valence-electron chi connectivity index (χ3n) is 4.05. The fourth-order valence-electron chi connectivity index (χ4n) is 2.37. The Morgan fingerprint density at radius 3 is 2.42 bits per heavy atom. The Kier molecular flexibility index (Phi) is 5.10. The topological polar surface area (TPSA) is 58.3 Å². The minimum Gasteiger partial charge on any atom is -0.338 e. The molecule has 5 heteroatoms. The summed E-state index contributed by atoms with van der Waals surface area (Å²) in [7, 11) is 0. The van der Waals surface area contributed by atoms with Gasteiger partial charge in [0.15, 0.2) is 0 Å². The molecule has 0 saturated carbocycles. The quantitative estimate of drug-likeness (QED) is 0.858. The van der Waals surface area contributed by atoms with Crippen molar-refractivity contribution in [2.45, 2.75) is 26.3 Å². The third kappa shape index (κ3) is 3.88. The summed E-state index contributed by atoms with van der Waals surface area (Å²) in [6, 6.07) is 2.13. The zero-order chi connectivity index (χ0) is 13.7. The zero-order valence-corrected chi connectivity index (χ0v) is 12.0. The molecule has 2 unspecified atom stereocenters. The number of nitrogens with zero attached hydrogens (tertiary/aromatic N) is 4. The average molecular weight is 263 g/mol. The molecule has 0 bridgehead atoms. The second kappa shape index (κ2) is 6.82. The van der Waals surface area contributed by atoms with Crippen LogP contribution in [0.1, 0.15) is 20.3 Å². The standard InChI is InChI=1S/C14H25N5/c1-3-12(2)13(15)11-18-7-9-19(10-8-18)14-16-5-4-6-17-14/h4-6,12-13H,3,7-11,15H2,1-2H3. The van der Waals surface area contributed by atoms with Gasteiger partial charge in [0.1, 0.15) is 0 Å². The maximum Gasteiger partial charge on any atom is 0.225 e. The first-order valence-corrected chi connectivity index (χ1v) is 7.20. The number of aromatic nitrogens is 2. The largest absolute Gasteiger partial charge is 0.338 e. The molecular formula is C14H25N5. The zero-order valence-electron chi connectivity index (χ0n) is 12.0. The second-order valence-electron chi connectivity index (χ2n) is 5.39. The smallest absolute Gasteiger partial charge is 0.225 e. The third-order valence-corrected chi connectivity index (χ3v) is 4.05. The van der Waals surface area contributed by atoms with E-state index in [1.807, 2.05) is 6.07 Å². The van der Waals surface area contributed by atoms with Gasteiger partial charge < -0.3 is 10.6 Å². The summed E-state index contributed by atoms with van der Waals surface area (Å²) in [6.45, 7) is 9.49. The van der Waals surface area contributed by atoms with Crippen molar-refractivity contribution in [3.8, 4) is 0 Å². The lowest BCUT2D eigenvalue weighted by Crippen LogP contribution is -2.51. The molecule has 1 aliphatic rings. The van der Waals surface area contributed by atoms with Gasteiger partial charge >= 0.3 is 0 Å². The highest BCUT2D eigenvalue weighted by Crippen LogP contribution is 2.12. The van der Waals surface area contributed by atoms with E-state index in [9.17, 15) is 0 Å². The second-order valence-corrected chi connectivity index (χ2v) is 5.39. The Hall–Kier alpha value is -1.20. The number of hydrogen-bond acceptors (Lipinski definition) is 5. The van der Waals surface area contributed by atoms with Gasteiger partial charge in [-0.05, 0) is 12.0 Å². The van der Waals surface area contributed by atoms with Gasteiger partial charge in [-0.1, -0.05) is 20.3 Å². The molecule has 0 spiro atoms. The first-order valence-electron chi connectivity index (χ1n) is 7.20. The van der Waals surface area contributed by atoms with E-state index in [0.717, 1.165) is 45.1 Å². The summed E-state index contributed by atoms with van der Waals surface area (Å²) < 4.78 is 0. The van der Waals surface area contributed by atoms with Crippen molar-refractivity contribution in [2.24, 2.45) is 11.7 Å². The van der Waals surface area contributed by atoms with Gasteiger partial charge in [0.05, 0.1) is 0 Å². The van der Waals surface area contributed by atoms with E-state index in [0.29, 0.717) is 5.92 Å². The van der Waals surface area contributed by atoms with Crippen LogP contribution < -0.4 is 10.6 Å². The summed E-state index contributed by atoms with van der Waals surface area (Å²) in [4.78, 5) is 13.3. The van der Waals surface area contributed by atoms with Crippen LogP contribution in [0.5, 0.6) is 0 Å². The molecule has 19 heavy (non-hydrogen) atoms. The molecule has 0 radical (unpaired) electrons. The van der Waals surface area contributed by atoms with E-state index in [-0.39, 0.29) is 6.04 Å². The van der Waals surface area contributed by atoms with Gasteiger partial charge in [-0.3, -0.25) is 4.90 Å². The van der Waals surface area contributed by atoms with Crippen LogP contribution in [0.25, 0.3) is 0 Å². The first-order chi connectivity index (χ1) is 9.20. The van der Waals surface area contributed by atoms with Crippen LogP contribution >= 0.6 is 0 Å². The van der Waals surface area contributed by atoms with Gasteiger partial charge in [-0.2, -0.15) is 0 Å². The van der Waals surface area contributed by atoms with Crippen LogP contribution in [0.4, 0.5) is 5.95 Å². The fourth-order valence-corrected chi connectivity index (χ4v) is 2.37. The van der Waals surface area contributed by atoms with E-state index in [2.05, 4.69) is 33.6 Å². The molecule has 0 aromatic carbocycles. The molecule has 2 heterocycles. The number of hydrogen-bond donors (Lipinski definition) is 1. The van der Waals surface area contributed by atoms with Crippen LogP contribution in [-0.4, -0.2) is 53.6 Å². The van der Waals surface area contributed by atoms with Crippen molar-refractivity contribution < 1.29 is 0 Å². The number of rotatable bonds is 5. The highest BCUT2D eigenvalue weighted by Gasteiger charge is 2.21. The highest BCUT2D eigenvalue weighted by atomic mass is 15.3. The monoisotopic (exact) mass is 263 g/mol. The molecule has 0 aliphatic carbocycles. The predicted octanol–water partition coefficient (Wildman–Crippen LogP) is 0.972. The molecule has 2 atom stereocenters. The van der Waals surface area contributed by atoms with Crippen molar-refractivity contribution >= 4 is 5.95 Å². The molecule has 1 aromatic rings. The number of piperazine rings is 1. The molecule has 1 aliphatic heterocycles. The van der Waals surface area contributed by atoms with Gasteiger partial charge in [0, 0.05) is 51.2 Å². The minimum absolute atomic E-state index is 0.282. The lowest BCUT2D eigenvalue weighted by atomic mass is 9.99. The maximum absolute atomic E-state index is 6.22. The number of anilines is 1. The predicted molar refractivity (Wildman–Crippen MR) is 78.1 cm³/mol. The average Bonchev–Trinajstić information content (AvgIpc) is 2.48. The summed E-state index contributed by atoms with van der Waals surface area (Å²) in [5.41, 5.74) is 6.22. The van der Waals surface area contributed by atoms with Crippen molar-refractivity contribution in [2.75, 3.05) is 37.6 Å². The maximum atomic E-state index is 6.22. The Balaban J connectivity index is 1.80. The van der Waals surface area contributed by atoms with Gasteiger partial charge in [-0.25, -0.2) is 9.97 Å². The molecule has 106 valence electrons. The minimum atomic E-state index is 0.282. The molecular weight excluding hydrogens is 238 g/mol. The van der Waals surface area contributed by atoms with Crippen LogP contribution in [0, 0.1) is 5.92 Å². The van der Waals surface area contributed by atoms with Crippen molar-refractivity contribution in [3.05, 3.63) is 18.5 Å². The van der Waals surface area contributed by atoms with Gasteiger partial charge in [0.2, 0.25) is 5.95 Å². The van der Waals surface area contributed by atoms with Crippen molar-refractivity contribution in [1.82, 2.24) is 14.9 Å². The lowest BCUT2D eigenvalue weighted by molar-refractivity contribution is 0.220. The first kappa shape index (κ1) is 14.2. The molecule has 1 saturated heterocycles. The summed E-state index contributed by atoms with van der Waals surface area (Å²) >= 11 is 0. The Labute approximate surface area is 115 Å². The van der Waals surface area contributed by atoms with E-state index >= 15 is 0 Å². The van der Waals surface area contributed by atoms with Gasteiger partial charge in [0.25, 0.3) is 0 Å². The summed E-state index contributed by atoms with van der Waals surface area (Å²) in [6.07, 6.45) is 4.75. The Morgan fingerprint density at radius 2 is 1.84 bits per heavy atom. The summed E-state index contributed by atoms with van der Waals surface area (Å²) in [5, 5.41) is 0. The SMILES string of the molecule is CCC(C)C(N)CN1CCN(c2ncccn2)CC1. The molecule has 2 N–H and O–H groups in total. The molecule has 5 nitrogen and oxygen atoms in total. The van der Waals surface area contributed by atoms with E-state index < -0.39 is 0 Å². The van der Waals surface area contributed by atoms with Crippen LogP contribution in [0.15, 0.2) is 18.5 Å². The lowest BCUT2D eigenvalue weighted by Gasteiger charge is -2.36. The van der Waals surface area contributed by atoms with Crippen LogP contribution in [-0.2, 0) is 0 Å².